The molecule has 0 aliphatic heterocycles. The zero-order chi connectivity index (χ0) is 15.1. The van der Waals surface area contributed by atoms with E-state index in [4.69, 9.17) is 38.5 Å². The molecule has 0 heterocycles. The number of carbonyl (C=O) groups is 1. The number of guanidine groups is 1. The number of nitrogens with two attached hydrogens (primary N) is 1. The average Bonchev–Trinajstić information content (AvgIpc) is 1.95. The van der Waals surface area contributed by atoms with E-state index in [1.165, 1.54) is 7.05 Å². The Morgan fingerprint density at radius 3 is 1.90 bits per heavy atom. The second-order valence-corrected chi connectivity index (χ2v) is 4.70. The first-order valence-corrected chi connectivity index (χ1v) is 6.68. The van der Waals surface area contributed by atoms with Crippen molar-refractivity contribution in [3.05, 3.63) is 0 Å². The number of nitrogens with zero attached hydrogens (tertiary/aromatic N) is 1. The maximum absolute atomic E-state index is 10.7. The van der Waals surface area contributed by atoms with Crippen LogP contribution in [0.3, 0.4) is 0 Å². The fraction of sp³-hybridized carbons (Fsp3) is 0.500. The summed E-state index contributed by atoms with van der Waals surface area (Å²) in [6, 6.07) is 0. The van der Waals surface area contributed by atoms with Crippen molar-refractivity contribution in [2.24, 2.45) is 5.73 Å². The van der Waals surface area contributed by atoms with E-state index in [1.807, 2.05) is 0 Å². The zero-order valence-corrected chi connectivity index (χ0v) is 10.6. The van der Waals surface area contributed by atoms with Crippen LogP contribution >= 0.6 is 7.82 Å². The van der Waals surface area contributed by atoms with Gasteiger partial charge in [0.2, 0.25) is 0 Å². The van der Waals surface area contributed by atoms with Gasteiger partial charge in [0.1, 0.15) is 6.54 Å². The summed E-state index contributed by atoms with van der Waals surface area (Å²) in [5.74, 6) is -1.55. The molecular formula is C4H15MgN3NaO9PS. The molecule has 0 aromatic carbocycles. The number of hydrogen-bond donors (Lipinski definition) is 6. The molecule has 12 nitrogen and oxygen atoms in total. The molecule has 0 bridgehead atoms. The predicted octanol–water partition coefficient (Wildman–Crippen LogP) is -3.77. The molecular weight excluding hydrogens is 344 g/mol. The second-order valence-electron chi connectivity index (χ2n) is 2.64. The van der Waals surface area contributed by atoms with Gasteiger partial charge in [-0.3, -0.25) is 24.3 Å². The van der Waals surface area contributed by atoms with Gasteiger partial charge in [-0.25, -0.2) is 9.36 Å². The normalized spacial score (nSPS) is 9.85. The quantitative estimate of drug-likeness (QED) is 0.0945. The van der Waals surface area contributed by atoms with Crippen LogP contribution in [0.4, 0.5) is 0 Å². The number of rotatable bonds is 3. The molecule has 0 amide bonds. The average molecular weight is 360 g/mol. The van der Waals surface area contributed by atoms with Crippen LogP contribution in [0.25, 0.3) is 0 Å². The molecule has 0 atom stereocenters. The molecule has 0 saturated carbocycles. The summed E-state index contributed by atoms with van der Waals surface area (Å²) in [5, 5.41) is 6.83. The van der Waals surface area contributed by atoms with Crippen molar-refractivity contribution >= 4 is 82.8 Å². The molecule has 0 aliphatic carbocycles. The van der Waals surface area contributed by atoms with Crippen LogP contribution in [0.1, 0.15) is 0 Å². The summed E-state index contributed by atoms with van der Waals surface area (Å²) in [6.07, 6.45) is 0. The first-order valence-electron chi connectivity index (χ1n) is 3.75. The van der Waals surface area contributed by atoms with E-state index in [0.29, 0.717) is 0 Å². The number of nitrogens with one attached hydrogen (secondary N) is 1. The molecule has 0 aromatic heterocycles. The van der Waals surface area contributed by atoms with Gasteiger partial charge in [-0.2, -0.15) is 8.42 Å². The molecule has 20 heavy (non-hydrogen) atoms. The Balaban J connectivity index is -0.000000158. The van der Waals surface area contributed by atoms with Crippen molar-refractivity contribution in [1.29, 1.82) is 5.41 Å². The summed E-state index contributed by atoms with van der Waals surface area (Å²) in [4.78, 5) is 28.0. The van der Waals surface area contributed by atoms with Gasteiger partial charge in [0, 0.05) is 7.05 Å². The predicted molar refractivity (Wildman–Crippen MR) is 72.6 cm³/mol. The number of carbonyl (C=O) groups excluding carboxylic acids is 1. The third-order valence-corrected chi connectivity index (χ3v) is 1.44. The Kier molecular flexibility index (Phi) is 17.3. The minimum absolute atomic E-state index is 0. The maximum atomic E-state index is 10.7. The van der Waals surface area contributed by atoms with Gasteiger partial charge in [0.15, 0.2) is 5.96 Å². The Morgan fingerprint density at radius 1 is 1.40 bits per heavy atom. The van der Waals surface area contributed by atoms with Gasteiger partial charge in [0.05, 0.1) is 0 Å². The van der Waals surface area contributed by atoms with E-state index in [1.54, 1.807) is 0 Å². The van der Waals surface area contributed by atoms with Crippen molar-refractivity contribution < 1.29 is 41.2 Å². The van der Waals surface area contributed by atoms with Crippen molar-refractivity contribution in [2.75, 3.05) is 13.6 Å². The van der Waals surface area contributed by atoms with Gasteiger partial charge in [0.25, 0.3) is 0 Å². The number of likely N-dealkylation sites (N-methyl/N-ethyl adjacent to an activating group) is 1. The van der Waals surface area contributed by atoms with Crippen LogP contribution in [0.2, 0.25) is 0 Å². The van der Waals surface area contributed by atoms with Gasteiger partial charge in [-0.05, 0) is 0 Å². The Morgan fingerprint density at radius 2 is 1.70 bits per heavy atom. The summed E-state index contributed by atoms with van der Waals surface area (Å²) < 4.78 is 45.4. The molecule has 0 aliphatic rings. The molecule has 0 aromatic rings. The second kappa shape index (κ2) is 12.1. The monoisotopic (exact) mass is 359 g/mol. The van der Waals surface area contributed by atoms with Crippen molar-refractivity contribution in [3.63, 3.8) is 0 Å². The fourth-order valence-corrected chi connectivity index (χ4v) is 0.763. The topological polar surface area (TPSA) is 212 Å². The van der Waals surface area contributed by atoms with Crippen molar-refractivity contribution in [2.45, 2.75) is 0 Å². The Labute approximate surface area is 152 Å². The van der Waals surface area contributed by atoms with Crippen LogP contribution in [0.15, 0.2) is 0 Å². The molecule has 0 fully saturated rings. The van der Waals surface area contributed by atoms with Crippen LogP contribution in [-0.4, -0.2) is 110 Å². The van der Waals surface area contributed by atoms with Crippen LogP contribution in [0.5, 0.6) is 0 Å². The number of hydrogen-bond acceptors (Lipinski definition) is 6. The summed E-state index contributed by atoms with van der Waals surface area (Å²) >= 11 is 0. The van der Waals surface area contributed by atoms with E-state index in [-0.39, 0.29) is 52.6 Å². The molecule has 0 saturated heterocycles. The molecule has 114 valence electrons. The van der Waals surface area contributed by atoms with Gasteiger partial charge < -0.3 is 15.2 Å². The minimum atomic E-state index is -4.80. The van der Waals surface area contributed by atoms with E-state index in [2.05, 4.69) is 4.52 Å². The number of phosphoric acid groups is 1. The standard InChI is InChI=1S/C4H10N3O5P.Mg.Na.H2O4S.3H/c1-7(4(5)6)2-3(8)12-13(9,10)11;;;1-5(2,3)4;;;/h2H2,1H3,(H3,5,6)(H2,9,10,11);;;(H2,1,2,3,4);;;. The van der Waals surface area contributed by atoms with E-state index < -0.39 is 36.7 Å². The third kappa shape index (κ3) is 31.1. The first-order chi connectivity index (χ1) is 7.72. The van der Waals surface area contributed by atoms with E-state index >= 15 is 0 Å². The van der Waals surface area contributed by atoms with Gasteiger partial charge in [-0.1, -0.05) is 0 Å². The molecule has 16 heteroatoms. The summed E-state index contributed by atoms with van der Waals surface area (Å²) in [5.41, 5.74) is 4.96. The molecule has 0 rings (SSSR count). The molecule has 0 unspecified atom stereocenters. The molecule has 7 N–H and O–H groups in total. The number of phosphoric ester groups is 1. The fourth-order valence-electron chi connectivity index (χ4n) is 0.440. The van der Waals surface area contributed by atoms with Crippen molar-refractivity contribution in [1.82, 2.24) is 4.90 Å². The SMILES string of the molecule is CN(CC(=O)OP(=O)(O)O)C(=N)N.O=S(=O)(O)O.[MgH2].[NaH]. The third-order valence-electron chi connectivity index (χ3n) is 0.998. The van der Waals surface area contributed by atoms with Crippen molar-refractivity contribution in [3.8, 4) is 0 Å². The first kappa shape index (κ1) is 28.7. The summed E-state index contributed by atoms with van der Waals surface area (Å²) in [6.45, 7) is -0.486. The van der Waals surface area contributed by atoms with Gasteiger partial charge in [-0.15, -0.1) is 0 Å². The van der Waals surface area contributed by atoms with Crippen LogP contribution < -0.4 is 5.73 Å². The van der Waals surface area contributed by atoms with Crippen LogP contribution in [-0.2, 0) is 24.3 Å². The summed E-state index contributed by atoms with van der Waals surface area (Å²) in [7, 11) is -8.15. The Hall–Kier alpha value is 0.526. The van der Waals surface area contributed by atoms with Crippen LogP contribution in [0, 0.1) is 5.41 Å². The van der Waals surface area contributed by atoms with Gasteiger partial charge >= 0.3 is 76.8 Å². The van der Waals surface area contributed by atoms with E-state index in [0.717, 1.165) is 4.90 Å². The zero-order valence-electron chi connectivity index (χ0n) is 8.92. The molecule has 0 spiro atoms. The Bertz CT molecular complexity index is 444. The molecule has 0 radical (unpaired) electrons. The van der Waals surface area contributed by atoms with E-state index in [9.17, 15) is 9.36 Å².